The molecule has 4 heteroatoms. The molecular formula is C12H18ClNO2. The lowest BCUT2D eigenvalue weighted by Gasteiger charge is -2.22. The molecule has 0 heterocycles. The van der Waals surface area contributed by atoms with Crippen LogP contribution in [0.5, 0.6) is 5.75 Å². The van der Waals surface area contributed by atoms with E-state index in [1.165, 1.54) is 0 Å². The van der Waals surface area contributed by atoms with Crippen molar-refractivity contribution in [3.05, 3.63) is 22.7 Å². The van der Waals surface area contributed by atoms with Gasteiger partial charge in [0.2, 0.25) is 0 Å². The van der Waals surface area contributed by atoms with E-state index in [0.717, 1.165) is 5.56 Å². The summed E-state index contributed by atoms with van der Waals surface area (Å²) in [6, 6.07) is 3.59. The molecule has 0 atom stereocenters. The summed E-state index contributed by atoms with van der Waals surface area (Å²) in [7, 11) is 1.56. The molecule has 16 heavy (non-hydrogen) atoms. The quantitative estimate of drug-likeness (QED) is 0.655. The predicted octanol–water partition coefficient (Wildman–Crippen LogP) is 3.20. The van der Waals surface area contributed by atoms with Gasteiger partial charge in [0, 0.05) is 18.2 Å². The van der Waals surface area contributed by atoms with E-state index >= 15 is 0 Å². The lowest BCUT2D eigenvalue weighted by atomic mass is 9.86. The molecule has 0 saturated heterocycles. The molecule has 0 aliphatic rings. The minimum absolute atomic E-state index is 0.0367. The maximum atomic E-state index is 6.19. The molecule has 3 nitrogen and oxygen atoms in total. The van der Waals surface area contributed by atoms with Crippen molar-refractivity contribution in [1.82, 2.24) is 0 Å². The third kappa shape index (κ3) is 3.03. The van der Waals surface area contributed by atoms with E-state index in [9.17, 15) is 0 Å². The highest BCUT2D eigenvalue weighted by atomic mass is 35.5. The van der Waals surface area contributed by atoms with Gasteiger partial charge < -0.3 is 15.2 Å². The lowest BCUT2D eigenvalue weighted by Crippen LogP contribution is -2.13. The highest BCUT2D eigenvalue weighted by Crippen LogP contribution is 2.36. The van der Waals surface area contributed by atoms with Gasteiger partial charge in [0.05, 0.1) is 5.69 Å². The van der Waals surface area contributed by atoms with Gasteiger partial charge in [-0.05, 0) is 17.0 Å². The predicted molar refractivity (Wildman–Crippen MR) is 67.1 cm³/mol. The Morgan fingerprint density at radius 1 is 1.31 bits per heavy atom. The largest absolute Gasteiger partial charge is 0.465 e. The zero-order valence-corrected chi connectivity index (χ0v) is 10.9. The van der Waals surface area contributed by atoms with E-state index in [0.29, 0.717) is 16.5 Å². The van der Waals surface area contributed by atoms with E-state index in [1.54, 1.807) is 13.2 Å². The summed E-state index contributed by atoms with van der Waals surface area (Å²) in [6.45, 7) is 6.42. The minimum atomic E-state index is -0.0367. The summed E-state index contributed by atoms with van der Waals surface area (Å²) >= 11 is 6.19. The molecule has 0 saturated carbocycles. The van der Waals surface area contributed by atoms with E-state index in [1.807, 2.05) is 6.07 Å². The summed E-state index contributed by atoms with van der Waals surface area (Å²) < 4.78 is 10.1. The van der Waals surface area contributed by atoms with Gasteiger partial charge in [0.1, 0.15) is 5.75 Å². The van der Waals surface area contributed by atoms with Gasteiger partial charge in [-0.15, -0.1) is 0 Å². The van der Waals surface area contributed by atoms with E-state index in [-0.39, 0.29) is 12.2 Å². The number of hydrogen-bond acceptors (Lipinski definition) is 3. The fourth-order valence-corrected chi connectivity index (χ4v) is 1.83. The van der Waals surface area contributed by atoms with Gasteiger partial charge in [0.15, 0.2) is 6.79 Å². The third-order valence-corrected chi connectivity index (χ3v) is 2.55. The van der Waals surface area contributed by atoms with Crippen LogP contribution in [0.2, 0.25) is 5.02 Å². The second-order valence-corrected chi connectivity index (χ2v) is 5.08. The molecule has 90 valence electrons. The summed E-state index contributed by atoms with van der Waals surface area (Å²) in [5, 5.41) is 0.660. The molecule has 0 radical (unpaired) electrons. The van der Waals surface area contributed by atoms with Crippen LogP contribution in [0.1, 0.15) is 26.3 Å². The van der Waals surface area contributed by atoms with Crippen LogP contribution in [0.15, 0.2) is 12.1 Å². The number of nitrogens with two attached hydrogens (primary N) is 1. The van der Waals surface area contributed by atoms with Crippen molar-refractivity contribution in [2.45, 2.75) is 26.2 Å². The average molecular weight is 244 g/mol. The highest BCUT2D eigenvalue weighted by molar-refractivity contribution is 6.31. The molecule has 1 rings (SSSR count). The van der Waals surface area contributed by atoms with Crippen molar-refractivity contribution >= 4 is 17.3 Å². The summed E-state index contributed by atoms with van der Waals surface area (Å²) in [6.07, 6.45) is 0. The standard InChI is InChI=1S/C12H18ClNO2/c1-12(2,3)8-5-10(14)11(6-9(8)13)16-7-15-4/h5-6H,7,14H2,1-4H3. The Hall–Kier alpha value is -0.930. The van der Waals surface area contributed by atoms with Crippen LogP contribution in [0.4, 0.5) is 5.69 Å². The van der Waals surface area contributed by atoms with Crippen LogP contribution in [-0.4, -0.2) is 13.9 Å². The topological polar surface area (TPSA) is 44.5 Å². The number of methoxy groups -OCH3 is 1. The molecule has 0 amide bonds. The molecule has 0 fully saturated rings. The number of benzene rings is 1. The van der Waals surface area contributed by atoms with Crippen molar-refractivity contribution in [1.29, 1.82) is 0 Å². The molecular weight excluding hydrogens is 226 g/mol. The SMILES string of the molecule is COCOc1cc(Cl)c(C(C)(C)C)cc1N. The molecule has 0 spiro atoms. The van der Waals surface area contributed by atoms with Gasteiger partial charge in [0.25, 0.3) is 0 Å². The Morgan fingerprint density at radius 3 is 2.44 bits per heavy atom. The van der Waals surface area contributed by atoms with E-state index < -0.39 is 0 Å². The monoisotopic (exact) mass is 243 g/mol. The van der Waals surface area contributed by atoms with E-state index in [4.69, 9.17) is 26.8 Å². The number of nitrogen functional groups attached to an aromatic ring is 1. The summed E-state index contributed by atoms with van der Waals surface area (Å²) in [5.41, 5.74) is 7.44. The smallest absolute Gasteiger partial charge is 0.188 e. The van der Waals surface area contributed by atoms with Gasteiger partial charge >= 0.3 is 0 Å². The zero-order chi connectivity index (χ0) is 12.3. The summed E-state index contributed by atoms with van der Waals surface area (Å²) in [5.74, 6) is 0.555. The molecule has 0 bridgehead atoms. The van der Waals surface area contributed by atoms with Crippen LogP contribution >= 0.6 is 11.6 Å². The Balaban J connectivity index is 3.07. The fraction of sp³-hybridized carbons (Fsp3) is 0.500. The highest BCUT2D eigenvalue weighted by Gasteiger charge is 2.19. The second-order valence-electron chi connectivity index (χ2n) is 4.67. The zero-order valence-electron chi connectivity index (χ0n) is 10.1. The first kappa shape index (κ1) is 13.1. The molecule has 2 N–H and O–H groups in total. The molecule has 0 aliphatic carbocycles. The normalized spacial score (nSPS) is 11.6. The third-order valence-electron chi connectivity index (χ3n) is 2.24. The van der Waals surface area contributed by atoms with Gasteiger partial charge in [-0.25, -0.2) is 0 Å². The molecule has 0 aromatic heterocycles. The number of anilines is 1. The van der Waals surface area contributed by atoms with Crippen molar-refractivity contribution in [2.75, 3.05) is 19.6 Å². The first-order chi connectivity index (χ1) is 7.36. The van der Waals surface area contributed by atoms with Crippen molar-refractivity contribution in [2.24, 2.45) is 0 Å². The molecule has 1 aromatic carbocycles. The number of rotatable bonds is 3. The van der Waals surface area contributed by atoms with Gasteiger partial charge in [-0.2, -0.15) is 0 Å². The van der Waals surface area contributed by atoms with Crippen LogP contribution in [0.3, 0.4) is 0 Å². The van der Waals surface area contributed by atoms with Crippen molar-refractivity contribution in [3.8, 4) is 5.75 Å². The molecule has 1 aromatic rings. The number of halogens is 1. The minimum Gasteiger partial charge on any atom is -0.465 e. The van der Waals surface area contributed by atoms with Gasteiger partial charge in [-0.3, -0.25) is 0 Å². The lowest BCUT2D eigenvalue weighted by molar-refractivity contribution is 0.0516. The Bertz CT molecular complexity index is 372. The van der Waals surface area contributed by atoms with Crippen LogP contribution in [0.25, 0.3) is 0 Å². The van der Waals surface area contributed by atoms with Crippen molar-refractivity contribution in [3.63, 3.8) is 0 Å². The van der Waals surface area contributed by atoms with Crippen LogP contribution in [0, 0.1) is 0 Å². The van der Waals surface area contributed by atoms with Crippen LogP contribution < -0.4 is 10.5 Å². The van der Waals surface area contributed by atoms with Crippen LogP contribution in [-0.2, 0) is 10.2 Å². The maximum absolute atomic E-state index is 6.19. The number of ether oxygens (including phenoxy) is 2. The average Bonchev–Trinajstić information content (AvgIpc) is 2.17. The first-order valence-corrected chi connectivity index (χ1v) is 5.45. The second kappa shape index (κ2) is 4.93. The Morgan fingerprint density at radius 2 is 1.94 bits per heavy atom. The van der Waals surface area contributed by atoms with Gasteiger partial charge in [-0.1, -0.05) is 32.4 Å². The number of hydrogen-bond donors (Lipinski definition) is 1. The first-order valence-electron chi connectivity index (χ1n) is 5.07. The Labute approximate surface area is 101 Å². The summed E-state index contributed by atoms with van der Waals surface area (Å²) in [4.78, 5) is 0. The molecule has 0 unspecified atom stereocenters. The van der Waals surface area contributed by atoms with E-state index in [2.05, 4.69) is 20.8 Å². The van der Waals surface area contributed by atoms with Crippen molar-refractivity contribution < 1.29 is 9.47 Å². The fourth-order valence-electron chi connectivity index (χ4n) is 1.39. The Kier molecular flexibility index (Phi) is 4.05. The maximum Gasteiger partial charge on any atom is 0.188 e. The molecule has 0 aliphatic heterocycles.